The number of hydrogen-bond donors (Lipinski definition) is 0. The first-order valence-electron chi connectivity index (χ1n) is 3.43. The molecule has 0 spiro atoms. The average molecular weight is 166 g/mol. The molecule has 0 amide bonds. The van der Waals surface area contributed by atoms with Crippen LogP contribution in [0.25, 0.3) is 0 Å². The first kappa shape index (κ1) is 8.34. The predicted molar refractivity (Wildman–Crippen MR) is 49.3 cm³/mol. The Balaban J connectivity index is 2.70. The van der Waals surface area contributed by atoms with Crippen molar-refractivity contribution in [3.05, 3.63) is 34.1 Å². The Kier molecular flexibility index (Phi) is 2.71. The van der Waals surface area contributed by atoms with Gasteiger partial charge in [-0.15, -0.1) is 0 Å². The lowest BCUT2D eigenvalue weighted by atomic mass is 10.3. The van der Waals surface area contributed by atoms with Crippen LogP contribution in [-0.2, 0) is 4.79 Å². The fraction of sp³-hybridized carbons (Fsp3) is 0.222. The van der Waals surface area contributed by atoms with E-state index in [0.717, 1.165) is 4.91 Å². The molecule has 0 aromatic rings. The molecule has 2 heteroatoms. The van der Waals surface area contributed by atoms with Crippen molar-refractivity contribution < 1.29 is 4.79 Å². The molecular weight excluding hydrogens is 156 g/mol. The van der Waals surface area contributed by atoms with Gasteiger partial charge < -0.3 is 0 Å². The molecule has 0 aliphatic carbocycles. The maximum absolute atomic E-state index is 11.0. The third kappa shape index (κ3) is 2.39. The zero-order valence-corrected chi connectivity index (χ0v) is 7.44. The molecule has 0 atom stereocenters. The molecule has 1 rings (SSSR count). The second-order valence-corrected chi connectivity index (χ2v) is 3.51. The first-order valence-corrected chi connectivity index (χ1v) is 4.31. The quantitative estimate of drug-likeness (QED) is 0.557. The monoisotopic (exact) mass is 166 g/mol. The van der Waals surface area contributed by atoms with Crippen LogP contribution in [-0.4, -0.2) is 5.78 Å². The van der Waals surface area contributed by atoms with E-state index in [0.29, 0.717) is 0 Å². The lowest BCUT2D eigenvalue weighted by Crippen LogP contribution is -1.86. The van der Waals surface area contributed by atoms with Crippen LogP contribution in [0.15, 0.2) is 34.1 Å². The minimum absolute atomic E-state index is 0.118. The van der Waals surface area contributed by atoms with Gasteiger partial charge in [0.2, 0.25) is 0 Å². The zero-order chi connectivity index (χ0) is 8.27. The van der Waals surface area contributed by atoms with Gasteiger partial charge in [0, 0.05) is 0 Å². The van der Waals surface area contributed by atoms with Gasteiger partial charge in [-0.05, 0) is 31.4 Å². The van der Waals surface area contributed by atoms with Crippen molar-refractivity contribution in [1.29, 1.82) is 0 Å². The highest BCUT2D eigenvalue weighted by Gasteiger charge is 2.09. The molecule has 1 aliphatic heterocycles. The fourth-order valence-electron chi connectivity index (χ4n) is 0.673. The van der Waals surface area contributed by atoms with E-state index in [1.54, 1.807) is 6.08 Å². The Hall–Kier alpha value is -0.760. The normalized spacial score (nSPS) is 19.5. The van der Waals surface area contributed by atoms with E-state index in [9.17, 15) is 4.79 Å². The van der Waals surface area contributed by atoms with Gasteiger partial charge in [-0.25, -0.2) is 0 Å². The second-order valence-electron chi connectivity index (χ2n) is 2.56. The topological polar surface area (TPSA) is 17.1 Å². The van der Waals surface area contributed by atoms with Gasteiger partial charge in [0.05, 0.1) is 4.91 Å². The van der Waals surface area contributed by atoms with Crippen molar-refractivity contribution in [3.8, 4) is 0 Å². The molecule has 0 saturated carbocycles. The number of thioether (sulfide) groups is 1. The molecule has 1 nitrogen and oxygen atoms in total. The summed E-state index contributed by atoms with van der Waals surface area (Å²) in [5.41, 5.74) is 1.21. The highest BCUT2D eigenvalue weighted by atomic mass is 32.2. The van der Waals surface area contributed by atoms with Crippen molar-refractivity contribution in [1.82, 2.24) is 0 Å². The first-order chi connectivity index (χ1) is 5.20. The molecule has 0 unspecified atom stereocenters. The Labute approximate surface area is 70.9 Å². The van der Waals surface area contributed by atoms with Crippen molar-refractivity contribution in [2.45, 2.75) is 13.8 Å². The second kappa shape index (κ2) is 3.58. The van der Waals surface area contributed by atoms with E-state index in [1.165, 1.54) is 17.3 Å². The third-order valence-electron chi connectivity index (χ3n) is 1.23. The Morgan fingerprint density at radius 3 is 2.73 bits per heavy atom. The molecule has 0 radical (unpaired) electrons. The summed E-state index contributed by atoms with van der Waals surface area (Å²) in [6.45, 7) is 4.02. The van der Waals surface area contributed by atoms with Crippen molar-refractivity contribution in [2.24, 2.45) is 0 Å². The number of carbonyl (C=O) groups excluding carboxylic acids is 1. The summed E-state index contributed by atoms with van der Waals surface area (Å²) in [4.78, 5) is 11.8. The smallest absolute Gasteiger partial charge is 0.193 e. The van der Waals surface area contributed by atoms with Crippen LogP contribution in [0.5, 0.6) is 0 Å². The van der Waals surface area contributed by atoms with Crippen LogP contribution in [0, 0.1) is 0 Å². The SMILES string of the molecule is CC(C)=C/C=C1\SC=CC1=O. The fourth-order valence-corrected chi connectivity index (χ4v) is 1.34. The van der Waals surface area contributed by atoms with E-state index in [-0.39, 0.29) is 5.78 Å². The minimum atomic E-state index is 0.118. The molecule has 1 aliphatic rings. The number of rotatable bonds is 1. The van der Waals surface area contributed by atoms with Crippen LogP contribution in [0.1, 0.15) is 13.8 Å². The lowest BCUT2D eigenvalue weighted by molar-refractivity contribution is -0.110. The maximum atomic E-state index is 11.0. The van der Waals surface area contributed by atoms with Crippen LogP contribution in [0.2, 0.25) is 0 Å². The number of carbonyl (C=O) groups is 1. The van der Waals surface area contributed by atoms with E-state index in [4.69, 9.17) is 0 Å². The van der Waals surface area contributed by atoms with Crippen LogP contribution in [0.4, 0.5) is 0 Å². The minimum Gasteiger partial charge on any atom is -0.289 e. The van der Waals surface area contributed by atoms with Gasteiger partial charge in [-0.3, -0.25) is 4.79 Å². The van der Waals surface area contributed by atoms with Crippen molar-refractivity contribution in [2.75, 3.05) is 0 Å². The van der Waals surface area contributed by atoms with Gasteiger partial charge in [-0.2, -0.15) is 0 Å². The van der Waals surface area contributed by atoms with Crippen molar-refractivity contribution >= 4 is 17.5 Å². The van der Waals surface area contributed by atoms with Crippen LogP contribution < -0.4 is 0 Å². The van der Waals surface area contributed by atoms with Gasteiger partial charge in [-0.1, -0.05) is 23.4 Å². The van der Waals surface area contributed by atoms with Crippen molar-refractivity contribution in [3.63, 3.8) is 0 Å². The van der Waals surface area contributed by atoms with Gasteiger partial charge in [0.15, 0.2) is 5.78 Å². The molecule has 11 heavy (non-hydrogen) atoms. The molecule has 0 saturated heterocycles. The summed E-state index contributed by atoms with van der Waals surface area (Å²) < 4.78 is 0. The van der Waals surface area contributed by atoms with Gasteiger partial charge in [0.25, 0.3) is 0 Å². The summed E-state index contributed by atoms with van der Waals surface area (Å²) in [6.07, 6.45) is 5.41. The zero-order valence-electron chi connectivity index (χ0n) is 6.63. The Morgan fingerprint density at radius 2 is 2.27 bits per heavy atom. The summed E-state index contributed by atoms with van der Waals surface area (Å²) >= 11 is 1.48. The molecule has 58 valence electrons. The highest BCUT2D eigenvalue weighted by Crippen LogP contribution is 2.24. The predicted octanol–water partition coefficient (Wildman–Crippen LogP) is 2.67. The van der Waals surface area contributed by atoms with Gasteiger partial charge in [0.1, 0.15) is 0 Å². The summed E-state index contributed by atoms with van der Waals surface area (Å²) in [5, 5.41) is 1.81. The molecular formula is C9H10OS. The van der Waals surface area contributed by atoms with Crippen LogP contribution >= 0.6 is 11.8 Å². The summed E-state index contributed by atoms with van der Waals surface area (Å²) in [5.74, 6) is 0.118. The molecule has 0 bridgehead atoms. The number of hydrogen-bond acceptors (Lipinski definition) is 2. The molecule has 0 fully saturated rings. The number of allylic oxidation sites excluding steroid dienone is 5. The summed E-state index contributed by atoms with van der Waals surface area (Å²) in [7, 11) is 0. The van der Waals surface area contributed by atoms with Crippen LogP contribution in [0.3, 0.4) is 0 Å². The van der Waals surface area contributed by atoms with Gasteiger partial charge >= 0.3 is 0 Å². The van der Waals surface area contributed by atoms with E-state index >= 15 is 0 Å². The van der Waals surface area contributed by atoms with E-state index in [1.807, 2.05) is 31.4 Å². The lowest BCUT2D eigenvalue weighted by Gasteiger charge is -1.89. The average Bonchev–Trinajstić information content (AvgIpc) is 2.31. The Bertz CT molecular complexity index is 255. The highest BCUT2D eigenvalue weighted by molar-refractivity contribution is 8.07. The maximum Gasteiger partial charge on any atom is 0.193 e. The standard InChI is InChI=1S/C9H10OS/c1-7(2)3-4-9-8(10)5-6-11-9/h3-6H,1-2H3/b9-4-. The van der Waals surface area contributed by atoms with E-state index in [2.05, 4.69) is 0 Å². The molecule has 1 heterocycles. The number of ketones is 1. The summed E-state index contributed by atoms with van der Waals surface area (Å²) in [6, 6.07) is 0. The molecule has 0 N–H and O–H groups in total. The Morgan fingerprint density at radius 1 is 1.55 bits per heavy atom. The largest absolute Gasteiger partial charge is 0.289 e. The van der Waals surface area contributed by atoms with E-state index < -0.39 is 0 Å². The molecule has 0 aromatic heterocycles. The molecule has 0 aromatic carbocycles. The third-order valence-corrected chi connectivity index (χ3v) is 2.09.